The van der Waals surface area contributed by atoms with Gasteiger partial charge in [0, 0.05) is 30.7 Å². The second-order valence-electron chi connectivity index (χ2n) is 7.76. The van der Waals surface area contributed by atoms with Crippen molar-refractivity contribution < 1.29 is 4.52 Å². The molecule has 0 saturated carbocycles. The first-order chi connectivity index (χ1) is 11.4. The molecule has 0 spiro atoms. The lowest BCUT2D eigenvalue weighted by Crippen LogP contribution is -2.23. The molecule has 5 heteroatoms. The van der Waals surface area contributed by atoms with E-state index in [4.69, 9.17) is 4.52 Å². The average Bonchev–Trinajstić information content (AvgIpc) is 3.18. The molecule has 24 heavy (non-hydrogen) atoms. The molecule has 1 aliphatic heterocycles. The van der Waals surface area contributed by atoms with E-state index in [0.29, 0.717) is 12.4 Å². The van der Waals surface area contributed by atoms with E-state index in [-0.39, 0.29) is 5.41 Å². The number of hydrogen-bond donors (Lipinski definition) is 0. The van der Waals surface area contributed by atoms with E-state index in [9.17, 15) is 0 Å². The van der Waals surface area contributed by atoms with Gasteiger partial charge in [0.15, 0.2) is 5.82 Å². The van der Waals surface area contributed by atoms with E-state index in [1.165, 1.54) is 37.2 Å². The van der Waals surface area contributed by atoms with Crippen LogP contribution in [-0.2, 0) is 18.5 Å². The van der Waals surface area contributed by atoms with Crippen LogP contribution in [0.4, 0.5) is 5.69 Å². The van der Waals surface area contributed by atoms with Gasteiger partial charge in [-0.1, -0.05) is 44.1 Å². The van der Waals surface area contributed by atoms with Gasteiger partial charge >= 0.3 is 0 Å². The summed E-state index contributed by atoms with van der Waals surface area (Å²) < 4.78 is 5.39. The highest BCUT2D eigenvalue weighted by Crippen LogP contribution is 2.26. The van der Waals surface area contributed by atoms with Gasteiger partial charge in [0.05, 0.1) is 6.54 Å². The molecule has 1 aliphatic rings. The van der Waals surface area contributed by atoms with Crippen molar-refractivity contribution in [2.45, 2.75) is 52.1 Å². The molecule has 1 aromatic heterocycles. The maximum absolute atomic E-state index is 5.39. The first-order valence-corrected chi connectivity index (χ1v) is 8.78. The fraction of sp³-hybridized carbons (Fsp3) is 0.579. The van der Waals surface area contributed by atoms with E-state index >= 15 is 0 Å². The van der Waals surface area contributed by atoms with Gasteiger partial charge in [-0.15, -0.1) is 0 Å². The van der Waals surface area contributed by atoms with Gasteiger partial charge in [0.2, 0.25) is 5.89 Å². The summed E-state index contributed by atoms with van der Waals surface area (Å²) in [6.45, 7) is 10.2. The van der Waals surface area contributed by atoms with Gasteiger partial charge in [-0.2, -0.15) is 4.98 Å². The van der Waals surface area contributed by atoms with Crippen molar-refractivity contribution in [3.8, 4) is 0 Å². The number of nitrogens with zero attached hydrogens (tertiary/aromatic N) is 4. The molecule has 0 amide bonds. The lowest BCUT2D eigenvalue weighted by Gasteiger charge is -2.23. The standard InChI is InChI=1S/C19H28N4O/c1-19(2,3)18-20-17(21-24-18)14-22(4)13-15-9-5-6-10-16(15)23-11-7-8-12-23/h5-6,9-10H,7-8,11-14H2,1-4H3. The minimum absolute atomic E-state index is 0.105. The minimum Gasteiger partial charge on any atom is -0.371 e. The van der Waals surface area contributed by atoms with Crippen LogP contribution in [0.2, 0.25) is 0 Å². The summed E-state index contributed by atoms with van der Waals surface area (Å²) in [7, 11) is 2.11. The molecule has 130 valence electrons. The summed E-state index contributed by atoms with van der Waals surface area (Å²) in [4.78, 5) is 9.27. The van der Waals surface area contributed by atoms with Crippen molar-refractivity contribution in [1.82, 2.24) is 15.0 Å². The quantitative estimate of drug-likeness (QED) is 0.839. The number of rotatable bonds is 5. The molecule has 0 bridgehead atoms. The zero-order valence-corrected chi connectivity index (χ0v) is 15.2. The first-order valence-electron chi connectivity index (χ1n) is 8.78. The zero-order valence-electron chi connectivity index (χ0n) is 15.2. The molecule has 0 radical (unpaired) electrons. The Morgan fingerprint density at radius 2 is 1.83 bits per heavy atom. The Hall–Kier alpha value is -1.88. The molecule has 0 aliphatic carbocycles. The normalized spacial score (nSPS) is 15.5. The molecular weight excluding hydrogens is 300 g/mol. The van der Waals surface area contributed by atoms with Crippen LogP contribution in [0.15, 0.2) is 28.8 Å². The molecule has 1 saturated heterocycles. The smallest absolute Gasteiger partial charge is 0.232 e. The lowest BCUT2D eigenvalue weighted by molar-refractivity contribution is 0.292. The van der Waals surface area contributed by atoms with Crippen molar-refractivity contribution in [2.24, 2.45) is 0 Å². The number of benzene rings is 1. The van der Waals surface area contributed by atoms with E-state index in [2.05, 4.69) is 72.0 Å². The monoisotopic (exact) mass is 328 g/mol. The van der Waals surface area contributed by atoms with E-state index < -0.39 is 0 Å². The van der Waals surface area contributed by atoms with Gasteiger partial charge < -0.3 is 9.42 Å². The van der Waals surface area contributed by atoms with Crippen molar-refractivity contribution in [2.75, 3.05) is 25.0 Å². The summed E-state index contributed by atoms with van der Waals surface area (Å²) in [5, 5.41) is 4.13. The van der Waals surface area contributed by atoms with Crippen LogP contribution in [0, 0.1) is 0 Å². The fourth-order valence-corrected chi connectivity index (χ4v) is 3.12. The Bertz CT molecular complexity index is 668. The molecule has 3 rings (SSSR count). The SMILES string of the molecule is CN(Cc1noc(C(C)(C)C)n1)Cc1ccccc1N1CCCC1. The van der Waals surface area contributed by atoms with E-state index in [0.717, 1.165) is 12.4 Å². The third kappa shape index (κ3) is 3.96. The maximum Gasteiger partial charge on any atom is 0.232 e. The van der Waals surface area contributed by atoms with Gasteiger partial charge in [-0.05, 0) is 31.5 Å². The second-order valence-corrected chi connectivity index (χ2v) is 7.76. The van der Waals surface area contributed by atoms with Crippen LogP contribution in [0.5, 0.6) is 0 Å². The van der Waals surface area contributed by atoms with Crippen LogP contribution >= 0.6 is 0 Å². The highest BCUT2D eigenvalue weighted by molar-refractivity contribution is 5.54. The molecule has 0 unspecified atom stereocenters. The Labute approximate surface area is 144 Å². The van der Waals surface area contributed by atoms with Crippen molar-refractivity contribution in [3.05, 3.63) is 41.5 Å². The largest absolute Gasteiger partial charge is 0.371 e. The predicted molar refractivity (Wildman–Crippen MR) is 96.1 cm³/mol. The van der Waals surface area contributed by atoms with Crippen LogP contribution in [0.3, 0.4) is 0 Å². The average molecular weight is 328 g/mol. The Kier molecular flexibility index (Phi) is 4.90. The van der Waals surface area contributed by atoms with Crippen LogP contribution < -0.4 is 4.90 Å². The van der Waals surface area contributed by atoms with Gasteiger partial charge in [0.25, 0.3) is 0 Å². The van der Waals surface area contributed by atoms with Gasteiger partial charge in [-0.3, -0.25) is 4.90 Å². The molecule has 1 fully saturated rings. The van der Waals surface area contributed by atoms with E-state index in [1.54, 1.807) is 0 Å². The molecule has 5 nitrogen and oxygen atoms in total. The summed E-state index contributed by atoms with van der Waals surface area (Å²) in [5.41, 5.74) is 2.62. The van der Waals surface area contributed by atoms with Gasteiger partial charge in [0.1, 0.15) is 0 Å². The highest BCUT2D eigenvalue weighted by atomic mass is 16.5. The lowest BCUT2D eigenvalue weighted by atomic mass is 9.97. The number of anilines is 1. The minimum atomic E-state index is -0.105. The number of hydrogen-bond acceptors (Lipinski definition) is 5. The zero-order chi connectivity index (χ0) is 17.2. The number of aromatic nitrogens is 2. The molecular formula is C19H28N4O. The first kappa shape index (κ1) is 17.0. The van der Waals surface area contributed by atoms with Crippen molar-refractivity contribution in [3.63, 3.8) is 0 Å². The summed E-state index contributed by atoms with van der Waals surface area (Å²) >= 11 is 0. The van der Waals surface area contributed by atoms with Gasteiger partial charge in [-0.25, -0.2) is 0 Å². The Morgan fingerprint density at radius 3 is 2.50 bits per heavy atom. The summed E-state index contributed by atoms with van der Waals surface area (Å²) in [6, 6.07) is 8.71. The topological polar surface area (TPSA) is 45.4 Å². The third-order valence-corrected chi connectivity index (χ3v) is 4.40. The van der Waals surface area contributed by atoms with Crippen LogP contribution in [0.1, 0.15) is 50.9 Å². The van der Waals surface area contributed by atoms with Crippen molar-refractivity contribution in [1.29, 1.82) is 0 Å². The fourth-order valence-electron chi connectivity index (χ4n) is 3.12. The molecule has 1 aromatic carbocycles. The molecule has 2 heterocycles. The van der Waals surface area contributed by atoms with Crippen LogP contribution in [-0.4, -0.2) is 35.2 Å². The Morgan fingerprint density at radius 1 is 1.12 bits per heavy atom. The summed E-state index contributed by atoms with van der Waals surface area (Å²) in [5.74, 6) is 1.45. The Balaban J connectivity index is 1.67. The maximum atomic E-state index is 5.39. The van der Waals surface area contributed by atoms with E-state index in [1.807, 2.05) is 0 Å². The molecule has 2 aromatic rings. The molecule has 0 N–H and O–H groups in total. The summed E-state index contributed by atoms with van der Waals surface area (Å²) in [6.07, 6.45) is 2.59. The predicted octanol–water partition coefficient (Wildman–Crippen LogP) is 3.60. The third-order valence-electron chi connectivity index (χ3n) is 4.40. The molecule has 0 atom stereocenters. The second kappa shape index (κ2) is 6.93. The highest BCUT2D eigenvalue weighted by Gasteiger charge is 2.22. The van der Waals surface area contributed by atoms with Crippen molar-refractivity contribution >= 4 is 5.69 Å². The van der Waals surface area contributed by atoms with Crippen LogP contribution in [0.25, 0.3) is 0 Å². The number of para-hydroxylation sites is 1.